The van der Waals surface area contributed by atoms with E-state index < -0.39 is 23.9 Å². The second-order valence-corrected chi connectivity index (χ2v) is 7.53. The third-order valence-electron chi connectivity index (χ3n) is 4.86. The fourth-order valence-electron chi connectivity index (χ4n) is 3.20. The summed E-state index contributed by atoms with van der Waals surface area (Å²) in [4.78, 5) is 49.4. The van der Waals surface area contributed by atoms with Crippen LogP contribution >= 0.6 is 0 Å². The predicted molar refractivity (Wildman–Crippen MR) is 130 cm³/mol. The van der Waals surface area contributed by atoms with Crippen molar-refractivity contribution >= 4 is 23.9 Å². The number of rotatable bonds is 17. The van der Waals surface area contributed by atoms with Gasteiger partial charge in [-0.15, -0.1) is 0 Å². The maximum absolute atomic E-state index is 12.7. The molecule has 2 aromatic rings. The number of aromatic nitrogens is 4. The summed E-state index contributed by atoms with van der Waals surface area (Å²) in [5.41, 5.74) is 0.0422. The molecule has 0 N–H and O–H groups in total. The molecule has 38 heavy (non-hydrogen) atoms. The van der Waals surface area contributed by atoms with Crippen molar-refractivity contribution in [1.82, 2.24) is 19.6 Å². The van der Waals surface area contributed by atoms with E-state index in [2.05, 4.69) is 10.2 Å². The highest BCUT2D eigenvalue weighted by atomic mass is 16.6. The van der Waals surface area contributed by atoms with Gasteiger partial charge in [0.15, 0.2) is 11.4 Å². The van der Waals surface area contributed by atoms with Gasteiger partial charge in [-0.2, -0.15) is 10.2 Å². The molecule has 2 rings (SSSR count). The van der Waals surface area contributed by atoms with Gasteiger partial charge in [-0.25, -0.2) is 19.2 Å². The van der Waals surface area contributed by atoms with Gasteiger partial charge in [0.05, 0.1) is 39.6 Å². The summed E-state index contributed by atoms with van der Waals surface area (Å²) >= 11 is 0. The molecule has 0 saturated heterocycles. The smallest absolute Gasteiger partial charge is 0.358 e. The fourth-order valence-corrected chi connectivity index (χ4v) is 3.20. The van der Waals surface area contributed by atoms with Gasteiger partial charge >= 0.3 is 23.9 Å². The Hall–Kier alpha value is -3.78. The third-order valence-corrected chi connectivity index (χ3v) is 4.86. The van der Waals surface area contributed by atoms with E-state index in [1.165, 1.54) is 21.5 Å². The van der Waals surface area contributed by atoms with E-state index in [9.17, 15) is 19.2 Å². The average molecular weight is 539 g/mol. The number of aryl methyl sites for hydroxylation is 2. The number of hydrogen-bond donors (Lipinski definition) is 0. The second-order valence-electron chi connectivity index (χ2n) is 7.53. The van der Waals surface area contributed by atoms with Crippen LogP contribution in [-0.4, -0.2) is 96.8 Å². The van der Waals surface area contributed by atoms with Gasteiger partial charge in [-0.05, 0) is 27.2 Å². The lowest BCUT2D eigenvalue weighted by molar-refractivity contribution is 0.0204. The zero-order chi connectivity index (χ0) is 27.9. The Bertz CT molecular complexity index is 1080. The lowest BCUT2D eigenvalue weighted by Crippen LogP contribution is -2.18. The standard InChI is InChI=1S/C24H34N4O10/c1-5-35-21(29)17-15-19(23(31)37-7-3)27(25-17)9-8-10-28-20(16-18(26-28)22(30)36-6-2)24(32)38-14-13-34-12-11-33-4/h15-16H,5-14H2,1-4H3. The van der Waals surface area contributed by atoms with Crippen molar-refractivity contribution in [3.8, 4) is 0 Å². The lowest BCUT2D eigenvalue weighted by Gasteiger charge is -2.10. The van der Waals surface area contributed by atoms with Crippen molar-refractivity contribution in [3.63, 3.8) is 0 Å². The Labute approximate surface area is 220 Å². The normalized spacial score (nSPS) is 10.7. The molecule has 0 radical (unpaired) electrons. The van der Waals surface area contributed by atoms with Crippen molar-refractivity contribution in [3.05, 3.63) is 34.9 Å². The zero-order valence-corrected chi connectivity index (χ0v) is 22.1. The number of ether oxygens (including phenoxy) is 6. The number of esters is 4. The molecule has 0 spiro atoms. The molecule has 0 unspecified atom stereocenters. The van der Waals surface area contributed by atoms with Crippen LogP contribution in [0.5, 0.6) is 0 Å². The first-order chi connectivity index (χ1) is 18.4. The fraction of sp³-hybridized carbons (Fsp3) is 0.583. The first-order valence-electron chi connectivity index (χ1n) is 12.3. The van der Waals surface area contributed by atoms with E-state index in [4.69, 9.17) is 28.4 Å². The van der Waals surface area contributed by atoms with Crippen molar-refractivity contribution < 1.29 is 47.6 Å². The van der Waals surface area contributed by atoms with Crippen LogP contribution in [0.1, 0.15) is 69.1 Å². The molecular weight excluding hydrogens is 504 g/mol. The van der Waals surface area contributed by atoms with Crippen LogP contribution in [0.2, 0.25) is 0 Å². The monoisotopic (exact) mass is 538 g/mol. The topological polar surface area (TPSA) is 159 Å². The quantitative estimate of drug-likeness (QED) is 0.163. The number of nitrogens with zero attached hydrogens (tertiary/aromatic N) is 4. The molecule has 0 fully saturated rings. The molecule has 2 heterocycles. The number of carbonyl (C=O) groups is 4. The molecular formula is C24H34N4O10. The minimum absolute atomic E-state index is 0.00467. The molecule has 0 bridgehead atoms. The predicted octanol–water partition coefficient (Wildman–Crippen LogP) is 1.52. The minimum Gasteiger partial charge on any atom is -0.461 e. The summed E-state index contributed by atoms with van der Waals surface area (Å²) in [6.45, 7) is 6.69. The van der Waals surface area contributed by atoms with Gasteiger partial charge in [-0.1, -0.05) is 0 Å². The maximum atomic E-state index is 12.7. The summed E-state index contributed by atoms with van der Waals surface area (Å²) in [7, 11) is 1.55. The number of carbonyl (C=O) groups excluding carboxylic acids is 4. The van der Waals surface area contributed by atoms with Gasteiger partial charge in [-0.3, -0.25) is 9.36 Å². The van der Waals surface area contributed by atoms with E-state index in [-0.39, 0.29) is 68.9 Å². The Kier molecular flexibility index (Phi) is 12.9. The van der Waals surface area contributed by atoms with Gasteiger partial charge in [0, 0.05) is 32.3 Å². The molecule has 14 nitrogen and oxygen atoms in total. The highest BCUT2D eigenvalue weighted by Crippen LogP contribution is 2.12. The van der Waals surface area contributed by atoms with Crippen molar-refractivity contribution in [2.24, 2.45) is 0 Å². The van der Waals surface area contributed by atoms with Gasteiger partial charge in [0.1, 0.15) is 18.0 Å². The van der Waals surface area contributed by atoms with Crippen LogP contribution < -0.4 is 0 Å². The Morgan fingerprint density at radius 2 is 1.11 bits per heavy atom. The number of hydrogen-bond acceptors (Lipinski definition) is 12. The third kappa shape index (κ3) is 8.95. The molecule has 0 aromatic carbocycles. The van der Waals surface area contributed by atoms with Crippen molar-refractivity contribution in [1.29, 1.82) is 0 Å². The van der Waals surface area contributed by atoms with Crippen molar-refractivity contribution in [2.45, 2.75) is 40.3 Å². The Morgan fingerprint density at radius 3 is 1.58 bits per heavy atom. The zero-order valence-electron chi connectivity index (χ0n) is 22.1. The Morgan fingerprint density at radius 1 is 0.658 bits per heavy atom. The van der Waals surface area contributed by atoms with Crippen LogP contribution in [0, 0.1) is 0 Å². The maximum Gasteiger partial charge on any atom is 0.358 e. The van der Waals surface area contributed by atoms with E-state index in [1.54, 1.807) is 27.9 Å². The molecule has 0 aliphatic heterocycles. The van der Waals surface area contributed by atoms with Crippen LogP contribution in [0.3, 0.4) is 0 Å². The summed E-state index contributed by atoms with van der Waals surface area (Å²) in [6.07, 6.45) is 0.320. The van der Waals surface area contributed by atoms with Crippen LogP contribution in [0.25, 0.3) is 0 Å². The highest BCUT2D eigenvalue weighted by Gasteiger charge is 2.23. The van der Waals surface area contributed by atoms with Crippen molar-refractivity contribution in [2.75, 3.05) is 53.4 Å². The van der Waals surface area contributed by atoms with Gasteiger partial charge in [0.25, 0.3) is 0 Å². The summed E-state index contributed by atoms with van der Waals surface area (Å²) in [5, 5.41) is 8.37. The summed E-state index contributed by atoms with van der Waals surface area (Å²) < 4.78 is 33.1. The molecule has 210 valence electrons. The minimum atomic E-state index is -0.695. The molecule has 14 heteroatoms. The highest BCUT2D eigenvalue weighted by molar-refractivity contribution is 5.94. The van der Waals surface area contributed by atoms with Crippen LogP contribution in [0.4, 0.5) is 0 Å². The van der Waals surface area contributed by atoms with E-state index in [1.807, 2.05) is 0 Å². The molecule has 0 aliphatic carbocycles. The van der Waals surface area contributed by atoms with Crippen LogP contribution in [-0.2, 0) is 41.5 Å². The van der Waals surface area contributed by atoms with Crippen LogP contribution in [0.15, 0.2) is 12.1 Å². The largest absolute Gasteiger partial charge is 0.461 e. The summed E-state index contributed by atoms with van der Waals surface area (Å²) in [5.74, 6) is -2.69. The number of methoxy groups -OCH3 is 1. The van der Waals surface area contributed by atoms with Gasteiger partial charge in [0.2, 0.25) is 0 Å². The SMILES string of the molecule is CCOC(=O)c1cc(C(=O)OCC)n(CCCn2nc(C(=O)OCC)cc2C(=O)OCCOCCOC)n1. The summed E-state index contributed by atoms with van der Waals surface area (Å²) in [6, 6.07) is 2.60. The molecule has 0 saturated carbocycles. The molecule has 2 aromatic heterocycles. The first-order valence-corrected chi connectivity index (χ1v) is 12.3. The lowest BCUT2D eigenvalue weighted by atomic mass is 10.3. The molecule has 0 atom stereocenters. The molecule has 0 amide bonds. The first kappa shape index (κ1) is 30.4. The average Bonchev–Trinajstić information content (AvgIpc) is 3.52. The van der Waals surface area contributed by atoms with E-state index in [0.29, 0.717) is 19.6 Å². The van der Waals surface area contributed by atoms with E-state index >= 15 is 0 Å². The Balaban J connectivity index is 2.15. The molecule has 0 aliphatic rings. The second kappa shape index (κ2) is 16.1. The van der Waals surface area contributed by atoms with Gasteiger partial charge < -0.3 is 28.4 Å². The van der Waals surface area contributed by atoms with E-state index in [0.717, 1.165) is 0 Å².